The van der Waals surface area contributed by atoms with Crippen molar-refractivity contribution in [1.29, 1.82) is 0 Å². The molecule has 6 nitrogen and oxygen atoms in total. The Hall–Kier alpha value is -2.60. The summed E-state index contributed by atoms with van der Waals surface area (Å²) in [6.07, 6.45) is 6.66. The molecule has 1 saturated carbocycles. The van der Waals surface area contributed by atoms with Gasteiger partial charge in [-0.3, -0.25) is 9.59 Å². The van der Waals surface area contributed by atoms with Gasteiger partial charge in [0, 0.05) is 23.6 Å². The molecule has 152 valence electrons. The van der Waals surface area contributed by atoms with E-state index < -0.39 is 0 Å². The molecule has 2 amide bonds. The second kappa shape index (κ2) is 8.41. The van der Waals surface area contributed by atoms with Crippen LogP contribution in [0.3, 0.4) is 0 Å². The molecule has 7 heteroatoms. The van der Waals surface area contributed by atoms with E-state index in [9.17, 15) is 9.59 Å². The fourth-order valence-corrected chi connectivity index (χ4v) is 4.36. The third-order valence-electron chi connectivity index (χ3n) is 5.63. The predicted octanol–water partition coefficient (Wildman–Crippen LogP) is 4.38. The highest BCUT2D eigenvalue weighted by Crippen LogP contribution is 2.30. The molecule has 0 saturated heterocycles. The molecule has 0 aliphatic heterocycles. The van der Waals surface area contributed by atoms with Crippen LogP contribution in [0.4, 0.5) is 0 Å². The fourth-order valence-electron chi connectivity index (χ4n) is 4.14. The molecule has 0 spiro atoms. The number of halogens is 1. The van der Waals surface area contributed by atoms with Crippen LogP contribution in [-0.2, 0) is 6.42 Å². The number of nitrogens with zero attached hydrogens (tertiary/aromatic N) is 1. The molecule has 1 heterocycles. The van der Waals surface area contributed by atoms with Gasteiger partial charge < -0.3 is 9.73 Å². The van der Waals surface area contributed by atoms with Gasteiger partial charge in [-0.15, -0.1) is 0 Å². The molecule has 29 heavy (non-hydrogen) atoms. The number of nitrogens with one attached hydrogen (secondary N) is 2. The van der Waals surface area contributed by atoms with Crippen molar-refractivity contribution in [2.75, 3.05) is 0 Å². The normalized spacial score (nSPS) is 17.9. The number of hydrogen-bond donors (Lipinski definition) is 2. The van der Waals surface area contributed by atoms with E-state index in [1.807, 2.05) is 6.92 Å². The quantitative estimate of drug-likeness (QED) is 0.729. The summed E-state index contributed by atoms with van der Waals surface area (Å²) >= 11 is 6.09. The average molecular weight is 414 g/mol. The molecule has 0 unspecified atom stereocenters. The zero-order valence-corrected chi connectivity index (χ0v) is 17.1. The predicted molar refractivity (Wildman–Crippen MR) is 112 cm³/mol. The van der Waals surface area contributed by atoms with Gasteiger partial charge in [-0.25, -0.2) is 5.43 Å². The first-order valence-electron chi connectivity index (χ1n) is 10.1. The minimum absolute atomic E-state index is 0.164. The highest BCUT2D eigenvalue weighted by Gasteiger charge is 2.29. The number of rotatable bonds is 4. The number of furan rings is 1. The van der Waals surface area contributed by atoms with Gasteiger partial charge in [-0.05, 0) is 44.7 Å². The highest BCUT2D eigenvalue weighted by molar-refractivity contribution is 6.33. The second-order valence-corrected chi connectivity index (χ2v) is 8.05. The third kappa shape index (κ3) is 4.08. The summed E-state index contributed by atoms with van der Waals surface area (Å²) in [5.41, 5.74) is 5.32. The number of amides is 2. The van der Waals surface area contributed by atoms with Gasteiger partial charge in [0.05, 0.1) is 16.3 Å². The first-order chi connectivity index (χ1) is 14.0. The molecule has 0 bridgehead atoms. The molecule has 2 aliphatic rings. The molecule has 1 aromatic carbocycles. The van der Waals surface area contributed by atoms with E-state index in [0.717, 1.165) is 61.1 Å². The van der Waals surface area contributed by atoms with Crippen molar-refractivity contribution in [3.05, 3.63) is 57.5 Å². The Morgan fingerprint density at radius 1 is 1.10 bits per heavy atom. The lowest BCUT2D eigenvalue weighted by Gasteiger charge is -2.13. The van der Waals surface area contributed by atoms with Crippen molar-refractivity contribution >= 4 is 29.1 Å². The minimum atomic E-state index is -0.365. The third-order valence-corrected chi connectivity index (χ3v) is 5.96. The van der Waals surface area contributed by atoms with E-state index in [2.05, 4.69) is 15.8 Å². The summed E-state index contributed by atoms with van der Waals surface area (Å²) in [6, 6.07) is 7.07. The maximum Gasteiger partial charge on any atom is 0.287 e. The fraction of sp³-hybridized carbons (Fsp3) is 0.409. The Labute approximate surface area is 174 Å². The molecule has 2 aliphatic carbocycles. The summed E-state index contributed by atoms with van der Waals surface area (Å²) < 4.78 is 5.92. The maximum absolute atomic E-state index is 12.7. The van der Waals surface area contributed by atoms with Crippen molar-refractivity contribution in [2.24, 2.45) is 5.10 Å². The first kappa shape index (κ1) is 19.7. The largest absolute Gasteiger partial charge is 0.455 e. The molecule has 0 radical (unpaired) electrons. The number of carbonyl (C=O) groups is 2. The maximum atomic E-state index is 12.7. The van der Waals surface area contributed by atoms with Crippen molar-refractivity contribution in [3.8, 4) is 0 Å². The van der Waals surface area contributed by atoms with Gasteiger partial charge in [-0.1, -0.05) is 36.6 Å². The van der Waals surface area contributed by atoms with Crippen molar-refractivity contribution in [1.82, 2.24) is 10.7 Å². The van der Waals surface area contributed by atoms with Crippen LogP contribution in [0, 0.1) is 6.92 Å². The van der Waals surface area contributed by atoms with E-state index in [4.69, 9.17) is 16.0 Å². The highest BCUT2D eigenvalue weighted by atomic mass is 35.5. The van der Waals surface area contributed by atoms with Crippen molar-refractivity contribution in [2.45, 2.75) is 57.9 Å². The Morgan fingerprint density at radius 2 is 1.86 bits per heavy atom. The number of carbonyl (C=O) groups excluding carboxylic acids is 2. The summed E-state index contributed by atoms with van der Waals surface area (Å²) in [7, 11) is 0. The van der Waals surface area contributed by atoms with Crippen molar-refractivity contribution in [3.63, 3.8) is 0 Å². The Bertz CT molecular complexity index is 974. The smallest absolute Gasteiger partial charge is 0.287 e. The Balaban J connectivity index is 1.55. The van der Waals surface area contributed by atoms with Crippen LogP contribution in [-0.4, -0.2) is 23.6 Å². The SMILES string of the molecule is Cc1c(C(=O)NC2CCCC2)oc2c1/C(=N/NC(=O)c1ccccc1Cl)CCC2. The molecular formula is C22H24ClN3O3. The zero-order chi connectivity index (χ0) is 20.4. The Kier molecular flexibility index (Phi) is 5.72. The zero-order valence-electron chi connectivity index (χ0n) is 16.4. The average Bonchev–Trinajstić information content (AvgIpc) is 3.34. The molecule has 1 aromatic heterocycles. The van der Waals surface area contributed by atoms with Crippen LogP contribution in [0.1, 0.15) is 76.3 Å². The number of fused-ring (bicyclic) bond motifs is 1. The van der Waals surface area contributed by atoms with E-state index in [1.165, 1.54) is 0 Å². The number of hydrogen-bond acceptors (Lipinski definition) is 4. The van der Waals surface area contributed by atoms with Crippen LogP contribution in [0.15, 0.2) is 33.8 Å². The van der Waals surface area contributed by atoms with Gasteiger partial charge in [0.1, 0.15) is 5.76 Å². The topological polar surface area (TPSA) is 83.7 Å². The van der Waals surface area contributed by atoms with Crippen LogP contribution in [0.2, 0.25) is 5.02 Å². The lowest BCUT2D eigenvalue weighted by Crippen LogP contribution is -2.32. The minimum Gasteiger partial charge on any atom is -0.455 e. The van der Waals surface area contributed by atoms with E-state index in [0.29, 0.717) is 22.8 Å². The molecule has 4 rings (SSSR count). The van der Waals surface area contributed by atoms with Crippen LogP contribution < -0.4 is 10.7 Å². The molecule has 0 atom stereocenters. The lowest BCUT2D eigenvalue weighted by atomic mass is 9.93. The van der Waals surface area contributed by atoms with Gasteiger partial charge in [0.2, 0.25) is 0 Å². The molecular weight excluding hydrogens is 390 g/mol. The van der Waals surface area contributed by atoms with Crippen molar-refractivity contribution < 1.29 is 14.0 Å². The monoisotopic (exact) mass is 413 g/mol. The van der Waals surface area contributed by atoms with E-state index >= 15 is 0 Å². The lowest BCUT2D eigenvalue weighted by molar-refractivity contribution is 0.0906. The van der Waals surface area contributed by atoms with Crippen LogP contribution >= 0.6 is 11.6 Å². The first-order valence-corrected chi connectivity index (χ1v) is 10.5. The molecule has 2 aromatic rings. The summed E-state index contributed by atoms with van der Waals surface area (Å²) in [5, 5.41) is 7.80. The molecule has 2 N–H and O–H groups in total. The van der Waals surface area contributed by atoms with Gasteiger partial charge in [0.25, 0.3) is 11.8 Å². The number of benzene rings is 1. The van der Waals surface area contributed by atoms with E-state index in [-0.39, 0.29) is 17.9 Å². The standard InChI is InChI=1S/C22H24ClN3O3/c1-13-19-17(25-26-21(27)15-9-4-5-10-16(15)23)11-6-12-18(19)29-20(13)22(28)24-14-7-2-3-8-14/h4-5,9-10,14H,2-3,6-8,11-12H2,1H3,(H,24,28)(H,26,27)/b25-17+. The summed E-state index contributed by atoms with van der Waals surface area (Å²) in [4.78, 5) is 25.1. The number of aryl methyl sites for hydroxylation is 1. The van der Waals surface area contributed by atoms with Crippen LogP contribution in [0.5, 0.6) is 0 Å². The van der Waals surface area contributed by atoms with Crippen LogP contribution in [0.25, 0.3) is 0 Å². The number of hydrazone groups is 1. The molecule has 1 fully saturated rings. The van der Waals surface area contributed by atoms with E-state index in [1.54, 1.807) is 24.3 Å². The van der Waals surface area contributed by atoms with Gasteiger partial charge in [-0.2, -0.15) is 5.10 Å². The summed E-state index contributed by atoms with van der Waals surface area (Å²) in [6.45, 7) is 1.88. The summed E-state index contributed by atoms with van der Waals surface area (Å²) in [5.74, 6) is 0.587. The second-order valence-electron chi connectivity index (χ2n) is 7.64. The Morgan fingerprint density at radius 3 is 2.62 bits per heavy atom. The van der Waals surface area contributed by atoms with Gasteiger partial charge >= 0.3 is 0 Å². The van der Waals surface area contributed by atoms with Gasteiger partial charge in [0.15, 0.2) is 5.76 Å².